The predicted molar refractivity (Wildman–Crippen MR) is 80.1 cm³/mol. The van der Waals surface area contributed by atoms with E-state index in [9.17, 15) is 4.79 Å². The van der Waals surface area contributed by atoms with E-state index < -0.39 is 5.97 Å². The van der Waals surface area contributed by atoms with E-state index in [1.54, 1.807) is 6.20 Å². The van der Waals surface area contributed by atoms with Gasteiger partial charge in [0.15, 0.2) is 5.01 Å². The number of carbonyl (C=O) groups is 1. The van der Waals surface area contributed by atoms with Gasteiger partial charge in [-0.25, -0.2) is 0 Å². The van der Waals surface area contributed by atoms with Gasteiger partial charge in [-0.3, -0.25) is 9.78 Å². The molecule has 6 nitrogen and oxygen atoms in total. The van der Waals surface area contributed by atoms with E-state index in [0.717, 1.165) is 41.5 Å². The van der Waals surface area contributed by atoms with Gasteiger partial charge in [0.1, 0.15) is 5.69 Å². The zero-order valence-electron chi connectivity index (χ0n) is 11.4. The predicted octanol–water partition coefficient (Wildman–Crippen LogP) is 2.66. The molecule has 0 unspecified atom stereocenters. The van der Waals surface area contributed by atoms with Crippen LogP contribution < -0.4 is 5.32 Å². The van der Waals surface area contributed by atoms with E-state index in [4.69, 9.17) is 5.11 Å². The lowest BCUT2D eigenvalue weighted by atomic mass is 9.86. The number of nitrogens with one attached hydrogen (secondary N) is 1. The number of aliphatic carboxylic acids is 1. The minimum atomic E-state index is -0.679. The summed E-state index contributed by atoms with van der Waals surface area (Å²) in [5, 5.41) is 22.2. The Morgan fingerprint density at radius 1 is 1.24 bits per heavy atom. The van der Waals surface area contributed by atoms with Gasteiger partial charge in [-0.1, -0.05) is 17.4 Å². The summed E-state index contributed by atoms with van der Waals surface area (Å²) >= 11 is 1.47. The second kappa shape index (κ2) is 6.17. The molecule has 110 valence electrons. The Balaban J connectivity index is 1.60. The van der Waals surface area contributed by atoms with Crippen LogP contribution in [-0.2, 0) is 4.79 Å². The molecule has 2 aromatic heterocycles. The summed E-state index contributed by atoms with van der Waals surface area (Å²) in [6.45, 7) is 0. The first kappa shape index (κ1) is 13.9. The molecule has 0 saturated heterocycles. The van der Waals surface area contributed by atoms with Gasteiger partial charge in [0.25, 0.3) is 0 Å². The Labute approximate surface area is 126 Å². The molecule has 0 atom stereocenters. The van der Waals surface area contributed by atoms with Crippen molar-refractivity contribution in [2.45, 2.75) is 31.7 Å². The molecule has 0 spiro atoms. The molecule has 1 saturated carbocycles. The normalized spacial score (nSPS) is 21.9. The molecule has 2 heterocycles. The van der Waals surface area contributed by atoms with Crippen LogP contribution in [0.1, 0.15) is 25.7 Å². The molecule has 0 aromatic carbocycles. The average Bonchev–Trinajstić information content (AvgIpc) is 2.97. The zero-order valence-corrected chi connectivity index (χ0v) is 12.2. The summed E-state index contributed by atoms with van der Waals surface area (Å²) in [6, 6.07) is 5.97. The van der Waals surface area contributed by atoms with Crippen LogP contribution in [0.15, 0.2) is 24.4 Å². The van der Waals surface area contributed by atoms with Crippen LogP contribution in [0, 0.1) is 5.92 Å². The Bertz CT molecular complexity index is 608. The van der Waals surface area contributed by atoms with Crippen molar-refractivity contribution >= 4 is 22.4 Å². The number of nitrogens with zero attached hydrogens (tertiary/aromatic N) is 3. The Morgan fingerprint density at radius 3 is 2.71 bits per heavy atom. The summed E-state index contributed by atoms with van der Waals surface area (Å²) in [5.74, 6) is -0.872. The third kappa shape index (κ3) is 3.36. The van der Waals surface area contributed by atoms with E-state index >= 15 is 0 Å². The Hall–Kier alpha value is -2.02. The molecule has 1 aliphatic rings. The van der Waals surface area contributed by atoms with Gasteiger partial charge >= 0.3 is 5.97 Å². The van der Waals surface area contributed by atoms with Crippen molar-refractivity contribution in [2.75, 3.05) is 5.32 Å². The van der Waals surface area contributed by atoms with E-state index in [1.165, 1.54) is 11.3 Å². The SMILES string of the molecule is O=C(O)C1CCC(Nc2nnc(-c3ccccn3)s2)CC1. The zero-order chi connectivity index (χ0) is 14.7. The molecule has 7 heteroatoms. The van der Waals surface area contributed by atoms with Crippen LogP contribution in [0.4, 0.5) is 5.13 Å². The third-order valence-corrected chi connectivity index (χ3v) is 4.59. The number of anilines is 1. The molecule has 1 aliphatic carbocycles. The number of pyridine rings is 1. The fraction of sp³-hybridized carbons (Fsp3) is 0.429. The summed E-state index contributed by atoms with van der Waals surface area (Å²) in [6.07, 6.45) is 4.89. The number of aromatic nitrogens is 3. The lowest BCUT2D eigenvalue weighted by Crippen LogP contribution is -2.29. The molecule has 2 aromatic rings. The minimum Gasteiger partial charge on any atom is -0.481 e. The van der Waals surface area contributed by atoms with Gasteiger partial charge in [0, 0.05) is 12.2 Å². The third-order valence-electron chi connectivity index (χ3n) is 3.71. The highest BCUT2D eigenvalue weighted by Crippen LogP contribution is 2.29. The van der Waals surface area contributed by atoms with Crippen LogP contribution in [0.25, 0.3) is 10.7 Å². The Morgan fingerprint density at radius 2 is 2.05 bits per heavy atom. The van der Waals surface area contributed by atoms with Crippen LogP contribution in [0.5, 0.6) is 0 Å². The average molecular weight is 304 g/mol. The standard InChI is InChI=1S/C14H16N4O2S/c19-13(20)9-4-6-10(7-5-9)16-14-18-17-12(21-14)11-3-1-2-8-15-11/h1-3,8-10H,4-7H2,(H,16,18)(H,19,20). The highest BCUT2D eigenvalue weighted by atomic mass is 32.1. The number of carboxylic acid groups (broad SMARTS) is 1. The lowest BCUT2D eigenvalue weighted by Gasteiger charge is -2.26. The summed E-state index contributed by atoms with van der Waals surface area (Å²) in [4.78, 5) is 15.2. The fourth-order valence-corrected chi connectivity index (χ4v) is 3.33. The van der Waals surface area contributed by atoms with Gasteiger partial charge < -0.3 is 10.4 Å². The second-order valence-electron chi connectivity index (χ2n) is 5.16. The maximum absolute atomic E-state index is 10.9. The highest BCUT2D eigenvalue weighted by molar-refractivity contribution is 7.18. The maximum atomic E-state index is 10.9. The first-order chi connectivity index (χ1) is 10.2. The fourth-order valence-electron chi connectivity index (χ4n) is 2.53. The van der Waals surface area contributed by atoms with Crippen molar-refractivity contribution in [3.63, 3.8) is 0 Å². The van der Waals surface area contributed by atoms with Gasteiger partial charge in [0.05, 0.1) is 5.92 Å². The van der Waals surface area contributed by atoms with Crippen molar-refractivity contribution in [3.05, 3.63) is 24.4 Å². The molecular weight excluding hydrogens is 288 g/mol. The molecule has 0 aliphatic heterocycles. The Kier molecular flexibility index (Phi) is 4.10. The van der Waals surface area contributed by atoms with Crippen LogP contribution in [0.3, 0.4) is 0 Å². The maximum Gasteiger partial charge on any atom is 0.306 e. The molecule has 0 amide bonds. The van der Waals surface area contributed by atoms with Crippen LogP contribution in [0.2, 0.25) is 0 Å². The molecule has 1 fully saturated rings. The van der Waals surface area contributed by atoms with Gasteiger partial charge in [-0.15, -0.1) is 10.2 Å². The van der Waals surface area contributed by atoms with Crippen molar-refractivity contribution in [3.8, 4) is 10.7 Å². The summed E-state index contributed by atoms with van der Waals surface area (Å²) < 4.78 is 0. The van der Waals surface area contributed by atoms with Gasteiger partial charge in [-0.2, -0.15) is 0 Å². The smallest absolute Gasteiger partial charge is 0.306 e. The van der Waals surface area contributed by atoms with Gasteiger partial charge in [0.2, 0.25) is 5.13 Å². The van der Waals surface area contributed by atoms with Crippen molar-refractivity contribution in [1.29, 1.82) is 0 Å². The largest absolute Gasteiger partial charge is 0.481 e. The minimum absolute atomic E-state index is 0.193. The second-order valence-corrected chi connectivity index (χ2v) is 6.14. The first-order valence-corrected chi connectivity index (χ1v) is 7.78. The van der Waals surface area contributed by atoms with Gasteiger partial charge in [-0.05, 0) is 37.8 Å². The van der Waals surface area contributed by atoms with Crippen molar-refractivity contribution < 1.29 is 9.90 Å². The molecule has 21 heavy (non-hydrogen) atoms. The molecule has 0 radical (unpaired) electrons. The lowest BCUT2D eigenvalue weighted by molar-refractivity contribution is -0.142. The number of hydrogen-bond donors (Lipinski definition) is 2. The van der Waals surface area contributed by atoms with Crippen LogP contribution >= 0.6 is 11.3 Å². The topological polar surface area (TPSA) is 88.0 Å². The van der Waals surface area contributed by atoms with E-state index in [2.05, 4.69) is 20.5 Å². The van der Waals surface area contributed by atoms with E-state index in [1.807, 2.05) is 18.2 Å². The molecule has 3 rings (SSSR count). The number of rotatable bonds is 4. The molecule has 0 bridgehead atoms. The summed E-state index contributed by atoms with van der Waals surface area (Å²) in [5.41, 5.74) is 0.817. The van der Waals surface area contributed by atoms with Crippen molar-refractivity contribution in [2.24, 2.45) is 5.92 Å². The summed E-state index contributed by atoms with van der Waals surface area (Å²) in [7, 11) is 0. The first-order valence-electron chi connectivity index (χ1n) is 6.96. The molecule has 2 N–H and O–H groups in total. The number of hydrogen-bond acceptors (Lipinski definition) is 6. The van der Waals surface area contributed by atoms with Crippen LogP contribution in [-0.4, -0.2) is 32.3 Å². The monoisotopic (exact) mass is 304 g/mol. The highest BCUT2D eigenvalue weighted by Gasteiger charge is 2.26. The van der Waals surface area contributed by atoms with Crippen molar-refractivity contribution in [1.82, 2.24) is 15.2 Å². The quantitative estimate of drug-likeness (QED) is 0.903. The molecular formula is C14H16N4O2S. The van der Waals surface area contributed by atoms with E-state index in [0.29, 0.717) is 0 Å². The van der Waals surface area contributed by atoms with E-state index in [-0.39, 0.29) is 12.0 Å². The number of carboxylic acids is 1.